The van der Waals surface area contributed by atoms with E-state index in [1.807, 2.05) is 0 Å². The van der Waals surface area contributed by atoms with Crippen molar-refractivity contribution in [2.75, 3.05) is 6.61 Å². The molecule has 0 aromatic rings. The van der Waals surface area contributed by atoms with Gasteiger partial charge in [-0.05, 0) is 38.0 Å². The molecular formula is C13H20O2. The molecule has 0 unspecified atom stereocenters. The predicted molar refractivity (Wildman–Crippen MR) is 59.5 cm³/mol. The smallest absolute Gasteiger partial charge is 0.141 e. The Kier molecular flexibility index (Phi) is 2.96. The third kappa shape index (κ3) is 1.65. The van der Waals surface area contributed by atoms with E-state index in [-0.39, 0.29) is 18.3 Å². The average molecular weight is 208 g/mol. The van der Waals surface area contributed by atoms with Crippen LogP contribution in [0.25, 0.3) is 0 Å². The highest BCUT2D eigenvalue weighted by molar-refractivity contribution is 5.87. The summed E-state index contributed by atoms with van der Waals surface area (Å²) in [5, 5.41) is 9.60. The Balaban J connectivity index is 2.24. The molecule has 2 atom stereocenters. The van der Waals surface area contributed by atoms with Gasteiger partial charge in [0.05, 0.1) is 12.0 Å². The molecule has 2 saturated carbocycles. The van der Waals surface area contributed by atoms with Crippen LogP contribution < -0.4 is 0 Å². The van der Waals surface area contributed by atoms with E-state index in [1.54, 1.807) is 0 Å². The van der Waals surface area contributed by atoms with Gasteiger partial charge < -0.3 is 5.11 Å². The standard InChI is InChI=1S/C13H20O2/c1-10-5-2-3-6-11(10)13(9-14)8-4-7-12(13)15/h11,14H,1-9H2/t11-,13-/m1/s1. The van der Waals surface area contributed by atoms with Crippen molar-refractivity contribution in [3.05, 3.63) is 12.2 Å². The summed E-state index contributed by atoms with van der Waals surface area (Å²) in [5.41, 5.74) is 0.753. The molecule has 2 aliphatic carbocycles. The highest BCUT2D eigenvalue weighted by Crippen LogP contribution is 2.48. The topological polar surface area (TPSA) is 37.3 Å². The van der Waals surface area contributed by atoms with Crippen LogP contribution in [0.3, 0.4) is 0 Å². The Morgan fingerprint density at radius 3 is 2.67 bits per heavy atom. The van der Waals surface area contributed by atoms with Crippen molar-refractivity contribution < 1.29 is 9.90 Å². The molecule has 2 aliphatic rings. The lowest BCUT2D eigenvalue weighted by atomic mass is 9.65. The normalized spacial score (nSPS) is 37.3. The van der Waals surface area contributed by atoms with Crippen LogP contribution in [0, 0.1) is 11.3 Å². The zero-order valence-corrected chi connectivity index (χ0v) is 9.30. The number of carbonyl (C=O) groups is 1. The van der Waals surface area contributed by atoms with Crippen LogP contribution in [0.15, 0.2) is 12.2 Å². The molecule has 15 heavy (non-hydrogen) atoms. The Labute approximate surface area is 91.4 Å². The zero-order chi connectivity index (χ0) is 10.9. The van der Waals surface area contributed by atoms with Crippen LogP contribution in [0.4, 0.5) is 0 Å². The van der Waals surface area contributed by atoms with E-state index in [0.29, 0.717) is 6.42 Å². The number of aliphatic hydroxyl groups excluding tert-OH is 1. The Morgan fingerprint density at radius 1 is 1.33 bits per heavy atom. The minimum absolute atomic E-state index is 0.0233. The molecule has 0 spiro atoms. The van der Waals surface area contributed by atoms with Crippen molar-refractivity contribution in [3.8, 4) is 0 Å². The van der Waals surface area contributed by atoms with Gasteiger partial charge in [0.25, 0.3) is 0 Å². The van der Waals surface area contributed by atoms with Gasteiger partial charge in [0.1, 0.15) is 5.78 Å². The third-order valence-corrected chi connectivity index (χ3v) is 4.26. The highest BCUT2D eigenvalue weighted by atomic mass is 16.3. The van der Waals surface area contributed by atoms with E-state index in [1.165, 1.54) is 18.4 Å². The van der Waals surface area contributed by atoms with E-state index >= 15 is 0 Å². The first-order chi connectivity index (χ1) is 7.20. The van der Waals surface area contributed by atoms with E-state index in [2.05, 4.69) is 6.58 Å². The second-order valence-electron chi connectivity index (χ2n) is 5.05. The summed E-state index contributed by atoms with van der Waals surface area (Å²) >= 11 is 0. The molecule has 2 nitrogen and oxygen atoms in total. The maximum absolute atomic E-state index is 12.0. The molecule has 2 rings (SSSR count). The minimum Gasteiger partial charge on any atom is -0.395 e. The molecule has 0 radical (unpaired) electrons. The Bertz CT molecular complexity index is 282. The van der Waals surface area contributed by atoms with E-state index in [9.17, 15) is 9.90 Å². The zero-order valence-electron chi connectivity index (χ0n) is 9.30. The van der Waals surface area contributed by atoms with Crippen molar-refractivity contribution in [2.45, 2.75) is 44.9 Å². The first-order valence-electron chi connectivity index (χ1n) is 6.02. The van der Waals surface area contributed by atoms with Gasteiger partial charge in [-0.1, -0.05) is 18.6 Å². The number of rotatable bonds is 2. The summed E-state index contributed by atoms with van der Waals surface area (Å²) in [5.74, 6) is 0.532. The van der Waals surface area contributed by atoms with Crippen LogP contribution in [0.2, 0.25) is 0 Å². The number of hydrogen-bond acceptors (Lipinski definition) is 2. The highest BCUT2D eigenvalue weighted by Gasteiger charge is 2.48. The molecule has 0 aromatic heterocycles. The molecule has 0 heterocycles. The summed E-state index contributed by atoms with van der Waals surface area (Å²) in [7, 11) is 0. The minimum atomic E-state index is -0.447. The lowest BCUT2D eigenvalue weighted by molar-refractivity contribution is -0.130. The average Bonchev–Trinajstić information content (AvgIpc) is 2.61. The second kappa shape index (κ2) is 4.09. The number of hydrogen-bond donors (Lipinski definition) is 1. The fraction of sp³-hybridized carbons (Fsp3) is 0.769. The molecule has 2 fully saturated rings. The Hall–Kier alpha value is -0.630. The van der Waals surface area contributed by atoms with E-state index in [4.69, 9.17) is 0 Å². The summed E-state index contributed by atoms with van der Waals surface area (Å²) < 4.78 is 0. The van der Waals surface area contributed by atoms with Crippen LogP contribution >= 0.6 is 0 Å². The maximum atomic E-state index is 12.0. The molecule has 0 bridgehead atoms. The van der Waals surface area contributed by atoms with Crippen molar-refractivity contribution in [1.82, 2.24) is 0 Å². The lowest BCUT2D eigenvalue weighted by Gasteiger charge is -2.38. The first kappa shape index (κ1) is 10.9. The molecule has 0 aromatic carbocycles. The largest absolute Gasteiger partial charge is 0.395 e. The van der Waals surface area contributed by atoms with Crippen LogP contribution in [-0.4, -0.2) is 17.5 Å². The first-order valence-corrected chi connectivity index (χ1v) is 6.02. The van der Waals surface area contributed by atoms with Crippen LogP contribution in [-0.2, 0) is 4.79 Å². The van der Waals surface area contributed by atoms with Gasteiger partial charge >= 0.3 is 0 Å². The van der Waals surface area contributed by atoms with Gasteiger partial charge in [0.2, 0.25) is 0 Å². The predicted octanol–water partition coefficient (Wildman–Crippen LogP) is 2.46. The van der Waals surface area contributed by atoms with Crippen LogP contribution in [0.1, 0.15) is 44.9 Å². The number of ketones is 1. The van der Waals surface area contributed by atoms with Crippen molar-refractivity contribution in [2.24, 2.45) is 11.3 Å². The molecule has 84 valence electrons. The van der Waals surface area contributed by atoms with Gasteiger partial charge in [-0.25, -0.2) is 0 Å². The molecule has 0 saturated heterocycles. The van der Waals surface area contributed by atoms with Gasteiger partial charge in [-0.2, -0.15) is 0 Å². The van der Waals surface area contributed by atoms with Crippen molar-refractivity contribution in [1.29, 1.82) is 0 Å². The molecular weight excluding hydrogens is 188 g/mol. The molecule has 1 N–H and O–H groups in total. The molecule has 0 amide bonds. The van der Waals surface area contributed by atoms with Gasteiger partial charge in [0, 0.05) is 6.42 Å². The number of carbonyl (C=O) groups excluding carboxylic acids is 1. The lowest BCUT2D eigenvalue weighted by Crippen LogP contribution is -2.40. The van der Waals surface area contributed by atoms with Crippen molar-refractivity contribution in [3.63, 3.8) is 0 Å². The fourth-order valence-electron chi connectivity index (χ4n) is 3.34. The summed E-state index contributed by atoms with van der Waals surface area (Å²) in [6.07, 6.45) is 6.94. The van der Waals surface area contributed by atoms with Crippen molar-refractivity contribution >= 4 is 5.78 Å². The maximum Gasteiger partial charge on any atom is 0.141 e. The monoisotopic (exact) mass is 208 g/mol. The number of aliphatic hydroxyl groups is 1. The third-order valence-electron chi connectivity index (χ3n) is 4.26. The Morgan fingerprint density at radius 2 is 2.13 bits per heavy atom. The SMILES string of the molecule is C=C1CCCC[C@H]1[C@]1(CO)CCCC1=O. The second-order valence-corrected chi connectivity index (χ2v) is 5.05. The molecule has 2 heteroatoms. The summed E-state index contributed by atoms with van der Waals surface area (Å²) in [6.45, 7) is 4.13. The molecule has 0 aliphatic heterocycles. The number of Topliss-reactive ketones (excluding diaryl/α,β-unsaturated/α-hetero) is 1. The number of allylic oxidation sites excluding steroid dienone is 1. The van der Waals surface area contributed by atoms with Gasteiger partial charge in [-0.3, -0.25) is 4.79 Å². The van der Waals surface area contributed by atoms with E-state index in [0.717, 1.165) is 25.7 Å². The van der Waals surface area contributed by atoms with Crippen LogP contribution in [0.5, 0.6) is 0 Å². The van der Waals surface area contributed by atoms with E-state index < -0.39 is 5.41 Å². The summed E-state index contributed by atoms with van der Waals surface area (Å²) in [4.78, 5) is 12.0. The summed E-state index contributed by atoms with van der Waals surface area (Å²) in [6, 6.07) is 0. The van der Waals surface area contributed by atoms with Gasteiger partial charge in [-0.15, -0.1) is 0 Å². The van der Waals surface area contributed by atoms with Gasteiger partial charge in [0.15, 0.2) is 0 Å². The fourth-order valence-corrected chi connectivity index (χ4v) is 3.34. The quantitative estimate of drug-likeness (QED) is 0.708.